The van der Waals surface area contributed by atoms with Gasteiger partial charge in [0, 0.05) is 37.4 Å². The summed E-state index contributed by atoms with van der Waals surface area (Å²) in [5, 5.41) is 3.64. The summed E-state index contributed by atoms with van der Waals surface area (Å²) in [7, 11) is 0. The molecule has 1 saturated heterocycles. The number of likely N-dealkylation sites (tertiary alicyclic amines) is 1. The Bertz CT molecular complexity index is 458. The van der Waals surface area contributed by atoms with Gasteiger partial charge < -0.3 is 10.1 Å². The lowest BCUT2D eigenvalue weighted by atomic mass is 10.0. The van der Waals surface area contributed by atoms with Crippen molar-refractivity contribution in [3.63, 3.8) is 0 Å². The second-order valence-corrected chi connectivity index (χ2v) is 5.96. The van der Waals surface area contributed by atoms with Gasteiger partial charge in [-0.1, -0.05) is 17.7 Å². The topological polar surface area (TPSA) is 24.5 Å². The van der Waals surface area contributed by atoms with Crippen LogP contribution in [0.5, 0.6) is 5.75 Å². The zero-order valence-electron chi connectivity index (χ0n) is 13.6. The Labute approximate surface area is 129 Å². The third-order valence-corrected chi connectivity index (χ3v) is 3.86. The Morgan fingerprint density at radius 1 is 1.33 bits per heavy atom. The standard InChI is InChI=1S/C18H28N2O/c1-4-21-18-7-5-6-17(14-18)19-16-9-12-20(13-10-16)11-8-15(2)3/h5-8,14,16,19H,4,9-13H2,1-3H3. The van der Waals surface area contributed by atoms with Crippen LogP contribution in [-0.2, 0) is 0 Å². The number of rotatable bonds is 6. The largest absolute Gasteiger partial charge is 0.494 e. The second-order valence-electron chi connectivity index (χ2n) is 5.96. The Balaban J connectivity index is 1.80. The van der Waals surface area contributed by atoms with Crippen molar-refractivity contribution in [2.24, 2.45) is 0 Å². The lowest BCUT2D eigenvalue weighted by Gasteiger charge is -2.32. The highest BCUT2D eigenvalue weighted by Gasteiger charge is 2.18. The van der Waals surface area contributed by atoms with Crippen LogP contribution in [-0.4, -0.2) is 37.2 Å². The van der Waals surface area contributed by atoms with Crippen molar-refractivity contribution in [3.8, 4) is 5.75 Å². The van der Waals surface area contributed by atoms with Gasteiger partial charge in [0.05, 0.1) is 6.61 Å². The molecule has 116 valence electrons. The van der Waals surface area contributed by atoms with E-state index in [2.05, 4.69) is 48.3 Å². The molecule has 0 aromatic heterocycles. The van der Waals surface area contributed by atoms with Gasteiger partial charge in [-0.15, -0.1) is 0 Å². The zero-order chi connectivity index (χ0) is 15.1. The van der Waals surface area contributed by atoms with E-state index in [-0.39, 0.29) is 0 Å². The highest BCUT2D eigenvalue weighted by molar-refractivity contribution is 5.48. The van der Waals surface area contributed by atoms with E-state index in [1.807, 2.05) is 13.0 Å². The van der Waals surface area contributed by atoms with Crippen molar-refractivity contribution < 1.29 is 4.74 Å². The summed E-state index contributed by atoms with van der Waals surface area (Å²) in [5.74, 6) is 0.948. The number of hydrogen-bond donors (Lipinski definition) is 1. The first-order chi connectivity index (χ1) is 10.2. The molecule has 21 heavy (non-hydrogen) atoms. The number of nitrogens with zero attached hydrogens (tertiary/aromatic N) is 1. The second kappa shape index (κ2) is 8.08. The molecule has 1 heterocycles. The lowest BCUT2D eigenvalue weighted by Crippen LogP contribution is -2.39. The summed E-state index contributed by atoms with van der Waals surface area (Å²) < 4.78 is 5.55. The van der Waals surface area contributed by atoms with Gasteiger partial charge in [-0.05, 0) is 45.7 Å². The fourth-order valence-corrected chi connectivity index (χ4v) is 2.65. The lowest BCUT2D eigenvalue weighted by molar-refractivity contribution is 0.240. The van der Waals surface area contributed by atoms with Crippen LogP contribution in [0.25, 0.3) is 0 Å². The van der Waals surface area contributed by atoms with Gasteiger partial charge in [0.25, 0.3) is 0 Å². The first kappa shape index (κ1) is 15.9. The summed E-state index contributed by atoms with van der Waals surface area (Å²) in [5.41, 5.74) is 2.58. The van der Waals surface area contributed by atoms with Crippen LogP contribution in [0.4, 0.5) is 5.69 Å². The summed E-state index contributed by atoms with van der Waals surface area (Å²) in [6.45, 7) is 10.5. The maximum absolute atomic E-state index is 5.55. The van der Waals surface area contributed by atoms with E-state index in [9.17, 15) is 0 Å². The predicted molar refractivity (Wildman–Crippen MR) is 90.1 cm³/mol. The van der Waals surface area contributed by atoms with E-state index in [4.69, 9.17) is 4.74 Å². The number of ether oxygens (including phenoxy) is 1. The first-order valence-corrected chi connectivity index (χ1v) is 8.02. The van der Waals surface area contributed by atoms with E-state index >= 15 is 0 Å². The van der Waals surface area contributed by atoms with Gasteiger partial charge in [-0.2, -0.15) is 0 Å². The highest BCUT2D eigenvalue weighted by Crippen LogP contribution is 2.21. The molecular formula is C18H28N2O. The molecule has 1 fully saturated rings. The quantitative estimate of drug-likeness (QED) is 0.803. The molecule has 0 bridgehead atoms. The molecule has 3 nitrogen and oxygen atoms in total. The smallest absolute Gasteiger partial charge is 0.121 e. The molecule has 0 saturated carbocycles. The molecule has 2 rings (SSSR count). The maximum atomic E-state index is 5.55. The molecule has 1 aromatic rings. The fraction of sp³-hybridized carbons (Fsp3) is 0.556. The van der Waals surface area contributed by atoms with Gasteiger partial charge in [0.2, 0.25) is 0 Å². The number of benzene rings is 1. The molecule has 1 N–H and O–H groups in total. The van der Waals surface area contributed by atoms with Crippen LogP contribution in [0, 0.1) is 0 Å². The number of anilines is 1. The summed E-state index contributed by atoms with van der Waals surface area (Å²) >= 11 is 0. The Morgan fingerprint density at radius 2 is 2.10 bits per heavy atom. The van der Waals surface area contributed by atoms with E-state index in [1.165, 1.54) is 37.2 Å². The Hall–Kier alpha value is -1.48. The maximum Gasteiger partial charge on any atom is 0.121 e. The number of piperidine rings is 1. The SMILES string of the molecule is CCOc1cccc(NC2CCN(CC=C(C)C)CC2)c1. The van der Waals surface area contributed by atoms with E-state index < -0.39 is 0 Å². The van der Waals surface area contributed by atoms with Gasteiger partial charge in [-0.25, -0.2) is 0 Å². The molecule has 1 aliphatic rings. The van der Waals surface area contributed by atoms with Crippen molar-refractivity contribution in [2.45, 2.75) is 39.7 Å². The molecule has 0 aliphatic carbocycles. The van der Waals surface area contributed by atoms with Crippen LogP contribution in [0.2, 0.25) is 0 Å². The normalized spacial score (nSPS) is 16.5. The third kappa shape index (κ3) is 5.43. The Morgan fingerprint density at radius 3 is 2.76 bits per heavy atom. The first-order valence-electron chi connectivity index (χ1n) is 8.02. The van der Waals surface area contributed by atoms with Crippen molar-refractivity contribution in [1.82, 2.24) is 4.90 Å². The minimum absolute atomic E-state index is 0.574. The van der Waals surface area contributed by atoms with Crippen LogP contribution >= 0.6 is 0 Å². The van der Waals surface area contributed by atoms with E-state index in [1.54, 1.807) is 0 Å². The van der Waals surface area contributed by atoms with Crippen LogP contribution in [0.3, 0.4) is 0 Å². The molecule has 0 spiro atoms. The highest BCUT2D eigenvalue weighted by atomic mass is 16.5. The van der Waals surface area contributed by atoms with Crippen LogP contribution in [0.15, 0.2) is 35.9 Å². The van der Waals surface area contributed by atoms with E-state index in [0.717, 1.165) is 12.3 Å². The average molecular weight is 288 g/mol. The van der Waals surface area contributed by atoms with Crippen molar-refractivity contribution in [1.29, 1.82) is 0 Å². The summed E-state index contributed by atoms with van der Waals surface area (Å²) in [4.78, 5) is 2.53. The Kier molecular flexibility index (Phi) is 6.12. The summed E-state index contributed by atoms with van der Waals surface area (Å²) in [6, 6.07) is 8.86. The molecule has 0 radical (unpaired) electrons. The third-order valence-electron chi connectivity index (χ3n) is 3.86. The monoisotopic (exact) mass is 288 g/mol. The van der Waals surface area contributed by atoms with Crippen molar-refractivity contribution in [2.75, 3.05) is 31.6 Å². The van der Waals surface area contributed by atoms with Crippen molar-refractivity contribution in [3.05, 3.63) is 35.9 Å². The molecular weight excluding hydrogens is 260 g/mol. The van der Waals surface area contributed by atoms with Gasteiger partial charge in [0.1, 0.15) is 5.75 Å². The predicted octanol–water partition coefficient (Wildman–Crippen LogP) is 3.93. The average Bonchev–Trinajstić information content (AvgIpc) is 2.47. The minimum atomic E-state index is 0.574. The number of nitrogens with one attached hydrogen (secondary N) is 1. The molecule has 1 aliphatic heterocycles. The fourth-order valence-electron chi connectivity index (χ4n) is 2.65. The molecule has 3 heteroatoms. The van der Waals surface area contributed by atoms with Gasteiger partial charge >= 0.3 is 0 Å². The number of hydrogen-bond acceptors (Lipinski definition) is 3. The minimum Gasteiger partial charge on any atom is -0.494 e. The molecule has 0 unspecified atom stereocenters. The molecule has 0 atom stereocenters. The van der Waals surface area contributed by atoms with Crippen molar-refractivity contribution >= 4 is 5.69 Å². The van der Waals surface area contributed by atoms with Gasteiger partial charge in [0.15, 0.2) is 0 Å². The van der Waals surface area contributed by atoms with Crippen LogP contribution in [0.1, 0.15) is 33.6 Å². The molecule has 1 aromatic carbocycles. The number of allylic oxidation sites excluding steroid dienone is 1. The van der Waals surface area contributed by atoms with E-state index in [0.29, 0.717) is 12.6 Å². The zero-order valence-corrected chi connectivity index (χ0v) is 13.6. The van der Waals surface area contributed by atoms with Crippen LogP contribution < -0.4 is 10.1 Å². The van der Waals surface area contributed by atoms with Gasteiger partial charge in [-0.3, -0.25) is 4.90 Å². The summed E-state index contributed by atoms with van der Waals surface area (Å²) in [6.07, 6.45) is 4.73. The molecule has 0 amide bonds.